The van der Waals surface area contributed by atoms with Gasteiger partial charge in [0.2, 0.25) is 0 Å². The first kappa shape index (κ1) is 14.2. The van der Waals surface area contributed by atoms with E-state index in [0.717, 1.165) is 12.1 Å². The highest BCUT2D eigenvalue weighted by atomic mass is 16.6. The summed E-state index contributed by atoms with van der Waals surface area (Å²) in [6, 6.07) is 3.73. The number of benzene rings is 1. The molecule has 0 amide bonds. The Balaban J connectivity index is 2.15. The molecule has 8 heteroatoms. The molecule has 0 aliphatic carbocycles. The molecule has 0 bridgehead atoms. The van der Waals surface area contributed by atoms with Crippen LogP contribution in [-0.4, -0.2) is 46.5 Å². The number of rotatable bonds is 5. The number of nitro groups is 1. The van der Waals surface area contributed by atoms with Gasteiger partial charge in [0.25, 0.3) is 5.69 Å². The Hall–Kier alpha value is -2.19. The summed E-state index contributed by atoms with van der Waals surface area (Å²) in [5, 5.41) is 32.6. The first-order valence-electron chi connectivity index (χ1n) is 5.97. The van der Waals surface area contributed by atoms with Gasteiger partial charge in [-0.2, -0.15) is 0 Å². The van der Waals surface area contributed by atoms with Crippen molar-refractivity contribution in [3.05, 3.63) is 33.9 Å². The number of aliphatic hydroxyl groups is 1. The Kier molecular flexibility index (Phi) is 3.86. The smallest absolute Gasteiger partial charge is 0.342 e. The maximum absolute atomic E-state index is 10.9. The van der Waals surface area contributed by atoms with E-state index in [1.54, 1.807) is 0 Å². The molecule has 1 aliphatic rings. The molecular formula is C12H14N2O6. The monoisotopic (exact) mass is 282 g/mol. The molecule has 108 valence electrons. The number of carboxylic acid groups (broad SMARTS) is 1. The van der Waals surface area contributed by atoms with E-state index in [-0.39, 0.29) is 18.7 Å². The molecule has 1 heterocycles. The maximum Gasteiger partial charge on any atom is 0.342 e. The van der Waals surface area contributed by atoms with Crippen molar-refractivity contribution >= 4 is 17.3 Å². The second-order valence-corrected chi connectivity index (χ2v) is 4.67. The van der Waals surface area contributed by atoms with E-state index in [9.17, 15) is 20.0 Å². The van der Waals surface area contributed by atoms with E-state index in [1.165, 1.54) is 6.07 Å². The number of nitrogens with one attached hydrogen (secondary N) is 1. The van der Waals surface area contributed by atoms with E-state index in [4.69, 9.17) is 9.84 Å². The second-order valence-electron chi connectivity index (χ2n) is 4.67. The predicted octanol–water partition coefficient (Wildman–Crippen LogP) is 0.856. The SMILES string of the molecule is O=C(O)c1ccc(NCC2(O)CCOC2)cc1[N+](=O)[O-]. The molecule has 0 saturated carbocycles. The predicted molar refractivity (Wildman–Crippen MR) is 68.9 cm³/mol. The molecule has 8 nitrogen and oxygen atoms in total. The lowest BCUT2D eigenvalue weighted by molar-refractivity contribution is -0.385. The highest BCUT2D eigenvalue weighted by molar-refractivity contribution is 5.93. The van der Waals surface area contributed by atoms with Crippen LogP contribution in [0.2, 0.25) is 0 Å². The maximum atomic E-state index is 10.9. The molecule has 1 saturated heterocycles. The lowest BCUT2D eigenvalue weighted by atomic mass is 10.0. The van der Waals surface area contributed by atoms with Crippen molar-refractivity contribution in [2.45, 2.75) is 12.0 Å². The van der Waals surface area contributed by atoms with Crippen LogP contribution in [0.25, 0.3) is 0 Å². The lowest BCUT2D eigenvalue weighted by Crippen LogP contribution is -2.37. The molecular weight excluding hydrogens is 268 g/mol. The van der Waals surface area contributed by atoms with Crippen molar-refractivity contribution in [2.75, 3.05) is 25.1 Å². The number of ether oxygens (including phenoxy) is 1. The zero-order chi connectivity index (χ0) is 14.8. The number of carbonyl (C=O) groups is 1. The van der Waals surface area contributed by atoms with Crippen molar-refractivity contribution in [3.8, 4) is 0 Å². The van der Waals surface area contributed by atoms with Crippen molar-refractivity contribution in [3.63, 3.8) is 0 Å². The van der Waals surface area contributed by atoms with E-state index >= 15 is 0 Å². The van der Waals surface area contributed by atoms with Gasteiger partial charge in [-0.1, -0.05) is 0 Å². The van der Waals surface area contributed by atoms with Gasteiger partial charge in [0.1, 0.15) is 11.2 Å². The second kappa shape index (κ2) is 5.43. The molecule has 1 aromatic rings. The van der Waals surface area contributed by atoms with E-state index in [1.807, 2.05) is 0 Å². The van der Waals surface area contributed by atoms with Crippen molar-refractivity contribution in [2.24, 2.45) is 0 Å². The minimum absolute atomic E-state index is 0.177. The summed E-state index contributed by atoms with van der Waals surface area (Å²) in [5.41, 5.74) is -1.48. The van der Waals surface area contributed by atoms with Gasteiger partial charge >= 0.3 is 5.97 Å². The summed E-state index contributed by atoms with van der Waals surface area (Å²) in [4.78, 5) is 21.0. The first-order valence-corrected chi connectivity index (χ1v) is 5.97. The van der Waals surface area contributed by atoms with Crippen LogP contribution in [0.15, 0.2) is 18.2 Å². The van der Waals surface area contributed by atoms with Gasteiger partial charge in [0.15, 0.2) is 0 Å². The summed E-state index contributed by atoms with van der Waals surface area (Å²) in [5.74, 6) is -1.36. The minimum atomic E-state index is -1.36. The van der Waals surface area contributed by atoms with Crippen molar-refractivity contribution in [1.29, 1.82) is 0 Å². The molecule has 0 aromatic heterocycles. The zero-order valence-electron chi connectivity index (χ0n) is 10.5. The lowest BCUT2D eigenvalue weighted by Gasteiger charge is -2.21. The van der Waals surface area contributed by atoms with Gasteiger partial charge in [-0.05, 0) is 12.1 Å². The number of nitrogens with zero attached hydrogens (tertiary/aromatic N) is 1. The molecule has 1 aromatic carbocycles. The standard InChI is InChI=1S/C12H14N2O6/c15-11(16)9-2-1-8(5-10(9)14(18)19)13-6-12(17)3-4-20-7-12/h1-2,5,13,17H,3-4,6-7H2,(H,15,16). The third-order valence-corrected chi connectivity index (χ3v) is 3.13. The fourth-order valence-corrected chi connectivity index (χ4v) is 1.98. The zero-order valence-corrected chi connectivity index (χ0v) is 10.5. The molecule has 3 N–H and O–H groups in total. The van der Waals surface area contributed by atoms with Crippen LogP contribution in [0.4, 0.5) is 11.4 Å². The summed E-state index contributed by atoms with van der Waals surface area (Å²) in [7, 11) is 0. The van der Waals surface area contributed by atoms with Gasteiger partial charge < -0.3 is 20.3 Å². The number of anilines is 1. The molecule has 1 atom stereocenters. The average molecular weight is 282 g/mol. The van der Waals surface area contributed by atoms with Crippen LogP contribution in [0.1, 0.15) is 16.8 Å². The van der Waals surface area contributed by atoms with Crippen LogP contribution < -0.4 is 5.32 Å². The Morgan fingerprint density at radius 1 is 1.55 bits per heavy atom. The Morgan fingerprint density at radius 3 is 2.85 bits per heavy atom. The molecule has 1 unspecified atom stereocenters. The van der Waals surface area contributed by atoms with Crippen LogP contribution >= 0.6 is 0 Å². The Morgan fingerprint density at radius 2 is 2.30 bits per heavy atom. The molecule has 1 aliphatic heterocycles. The van der Waals surface area contributed by atoms with Gasteiger partial charge in [0, 0.05) is 31.3 Å². The summed E-state index contributed by atoms with van der Waals surface area (Å²) in [6.07, 6.45) is 0.481. The van der Waals surface area contributed by atoms with Crippen LogP contribution in [0.5, 0.6) is 0 Å². The molecule has 20 heavy (non-hydrogen) atoms. The Labute approximate surface area is 114 Å². The average Bonchev–Trinajstić information content (AvgIpc) is 2.83. The minimum Gasteiger partial charge on any atom is -0.477 e. The summed E-state index contributed by atoms with van der Waals surface area (Å²) < 4.78 is 5.09. The number of hydrogen-bond donors (Lipinski definition) is 3. The molecule has 1 fully saturated rings. The van der Waals surface area contributed by atoms with E-state index in [0.29, 0.717) is 18.7 Å². The number of aromatic carboxylic acids is 1. The van der Waals surface area contributed by atoms with Crippen molar-refractivity contribution in [1.82, 2.24) is 0 Å². The summed E-state index contributed by atoms with van der Waals surface area (Å²) in [6.45, 7) is 0.849. The van der Waals surface area contributed by atoms with E-state index in [2.05, 4.69) is 5.32 Å². The number of carboxylic acids is 1. The van der Waals surface area contributed by atoms with Crippen LogP contribution in [0, 0.1) is 10.1 Å². The molecule has 0 spiro atoms. The molecule has 0 radical (unpaired) electrons. The van der Waals surface area contributed by atoms with Crippen LogP contribution in [0.3, 0.4) is 0 Å². The third-order valence-electron chi connectivity index (χ3n) is 3.13. The largest absolute Gasteiger partial charge is 0.477 e. The van der Waals surface area contributed by atoms with Gasteiger partial charge in [-0.3, -0.25) is 10.1 Å². The van der Waals surface area contributed by atoms with E-state index < -0.39 is 22.2 Å². The van der Waals surface area contributed by atoms with Gasteiger partial charge in [-0.25, -0.2) is 4.79 Å². The van der Waals surface area contributed by atoms with Crippen LogP contribution in [-0.2, 0) is 4.74 Å². The number of hydrogen-bond acceptors (Lipinski definition) is 6. The number of nitro benzene ring substituents is 1. The molecule has 2 rings (SSSR count). The fraction of sp³-hybridized carbons (Fsp3) is 0.417. The highest BCUT2D eigenvalue weighted by Crippen LogP contribution is 2.25. The highest BCUT2D eigenvalue weighted by Gasteiger charge is 2.32. The third kappa shape index (κ3) is 3.03. The quantitative estimate of drug-likeness (QED) is 0.540. The van der Waals surface area contributed by atoms with Crippen molar-refractivity contribution < 1.29 is 24.7 Å². The van der Waals surface area contributed by atoms with Gasteiger partial charge in [-0.15, -0.1) is 0 Å². The normalized spacial score (nSPS) is 21.6. The fourth-order valence-electron chi connectivity index (χ4n) is 1.98. The summed E-state index contributed by atoms with van der Waals surface area (Å²) >= 11 is 0. The first-order chi connectivity index (χ1) is 9.41. The van der Waals surface area contributed by atoms with Gasteiger partial charge in [0.05, 0.1) is 11.5 Å². The topological polar surface area (TPSA) is 122 Å². The Bertz CT molecular complexity index is 539.